The molecule has 7 heteroatoms. The molecule has 1 saturated heterocycles. The van der Waals surface area contributed by atoms with Crippen LogP contribution in [0.25, 0.3) is 0 Å². The van der Waals surface area contributed by atoms with Crippen LogP contribution in [0.5, 0.6) is 0 Å². The Kier molecular flexibility index (Phi) is 4.22. The van der Waals surface area contributed by atoms with Gasteiger partial charge in [-0.1, -0.05) is 30.3 Å². The van der Waals surface area contributed by atoms with E-state index in [-0.39, 0.29) is 19.6 Å². The molecule has 0 radical (unpaired) electrons. The van der Waals surface area contributed by atoms with Crippen molar-refractivity contribution >= 4 is 10.2 Å². The molecule has 0 saturated carbocycles. The number of rotatable bonds is 4. The molecule has 1 fully saturated rings. The van der Waals surface area contributed by atoms with Gasteiger partial charge in [-0.3, -0.25) is 0 Å². The Hall–Kier alpha value is -0.990. The molecule has 0 aliphatic carbocycles. The lowest BCUT2D eigenvalue weighted by atomic mass is 10.2. The molecular weight excluding hydrogens is 268 g/mol. The zero-order chi connectivity index (χ0) is 14.0. The molecule has 1 aliphatic heterocycles. The summed E-state index contributed by atoms with van der Waals surface area (Å²) in [7, 11) is -2.17. The van der Waals surface area contributed by atoms with Crippen molar-refractivity contribution in [2.24, 2.45) is 0 Å². The fourth-order valence-corrected chi connectivity index (χ4v) is 3.43. The Morgan fingerprint density at radius 1 is 1.21 bits per heavy atom. The summed E-state index contributed by atoms with van der Waals surface area (Å²) in [6, 6.07) is 9.25. The summed E-state index contributed by atoms with van der Waals surface area (Å²) in [6.45, 7) is 0.122. The molecule has 2 rings (SSSR count). The predicted molar refractivity (Wildman–Crippen MR) is 70.4 cm³/mol. The molecule has 0 spiro atoms. The van der Waals surface area contributed by atoms with Crippen molar-refractivity contribution in [3.05, 3.63) is 35.9 Å². The van der Waals surface area contributed by atoms with Crippen LogP contribution in [-0.4, -0.2) is 59.6 Å². The first-order valence-electron chi connectivity index (χ1n) is 6.02. The third-order valence-electron chi connectivity index (χ3n) is 3.19. The maximum Gasteiger partial charge on any atom is 0.282 e. The Morgan fingerprint density at radius 2 is 1.74 bits per heavy atom. The molecule has 1 aromatic carbocycles. The topological polar surface area (TPSA) is 81.1 Å². The smallest absolute Gasteiger partial charge is 0.282 e. The van der Waals surface area contributed by atoms with E-state index in [1.807, 2.05) is 30.3 Å². The number of hydrogen-bond donors (Lipinski definition) is 2. The van der Waals surface area contributed by atoms with E-state index in [0.29, 0.717) is 0 Å². The van der Waals surface area contributed by atoms with Gasteiger partial charge in [0.05, 0.1) is 12.2 Å². The summed E-state index contributed by atoms with van der Waals surface area (Å²) in [5.41, 5.74) is 0.883. The molecule has 0 amide bonds. The summed E-state index contributed by atoms with van der Waals surface area (Å²) in [4.78, 5) is 0. The first kappa shape index (κ1) is 14.4. The maximum absolute atomic E-state index is 12.3. The quantitative estimate of drug-likeness (QED) is 0.774. The van der Waals surface area contributed by atoms with Crippen LogP contribution in [0.3, 0.4) is 0 Å². The fourth-order valence-electron chi connectivity index (χ4n) is 2.04. The van der Waals surface area contributed by atoms with Gasteiger partial charge in [-0.2, -0.15) is 17.0 Å². The summed E-state index contributed by atoms with van der Waals surface area (Å²) in [5, 5.41) is 18.9. The molecule has 2 atom stereocenters. The van der Waals surface area contributed by atoms with Crippen LogP contribution in [0.1, 0.15) is 5.56 Å². The third kappa shape index (κ3) is 3.13. The molecule has 19 heavy (non-hydrogen) atoms. The van der Waals surface area contributed by atoms with Crippen LogP contribution in [0.15, 0.2) is 30.3 Å². The second-order valence-electron chi connectivity index (χ2n) is 4.70. The van der Waals surface area contributed by atoms with Crippen molar-refractivity contribution in [2.75, 3.05) is 20.1 Å². The molecule has 2 N–H and O–H groups in total. The van der Waals surface area contributed by atoms with Crippen LogP contribution in [0.4, 0.5) is 0 Å². The van der Waals surface area contributed by atoms with Crippen molar-refractivity contribution in [3.8, 4) is 0 Å². The second kappa shape index (κ2) is 5.56. The first-order chi connectivity index (χ1) is 8.91. The Balaban J connectivity index is 2.08. The minimum absolute atomic E-state index is 0.0668. The maximum atomic E-state index is 12.3. The number of aliphatic hydroxyl groups is 2. The number of aliphatic hydroxyl groups excluding tert-OH is 2. The largest absolute Gasteiger partial charge is 0.389 e. The summed E-state index contributed by atoms with van der Waals surface area (Å²) < 4.78 is 26.8. The van der Waals surface area contributed by atoms with E-state index in [9.17, 15) is 18.6 Å². The normalized spacial score (nSPS) is 25.1. The monoisotopic (exact) mass is 286 g/mol. The van der Waals surface area contributed by atoms with Gasteiger partial charge in [-0.25, -0.2) is 0 Å². The van der Waals surface area contributed by atoms with E-state index in [1.54, 1.807) is 0 Å². The van der Waals surface area contributed by atoms with E-state index in [4.69, 9.17) is 0 Å². The molecule has 1 heterocycles. The van der Waals surface area contributed by atoms with E-state index < -0.39 is 22.4 Å². The SMILES string of the molecule is CN(Cc1ccccc1)S(=O)(=O)N1CC(O)C(O)C1. The molecule has 106 valence electrons. The molecular formula is C12H18N2O4S. The Morgan fingerprint density at radius 3 is 2.26 bits per heavy atom. The van der Waals surface area contributed by atoms with E-state index in [2.05, 4.69) is 0 Å². The standard InChI is InChI=1S/C12H18N2O4S/c1-13(7-10-5-3-2-4-6-10)19(17,18)14-8-11(15)12(16)9-14/h2-6,11-12,15-16H,7-9H2,1H3. The molecule has 0 bridgehead atoms. The minimum atomic E-state index is -3.66. The van der Waals surface area contributed by atoms with E-state index in [0.717, 1.165) is 9.87 Å². The second-order valence-corrected chi connectivity index (χ2v) is 6.74. The van der Waals surface area contributed by atoms with Crippen molar-refractivity contribution in [3.63, 3.8) is 0 Å². The van der Waals surface area contributed by atoms with Gasteiger partial charge in [0.15, 0.2) is 0 Å². The lowest BCUT2D eigenvalue weighted by Crippen LogP contribution is -2.40. The van der Waals surface area contributed by atoms with Crippen molar-refractivity contribution in [2.45, 2.75) is 18.8 Å². The van der Waals surface area contributed by atoms with Gasteiger partial charge in [-0.05, 0) is 5.56 Å². The zero-order valence-corrected chi connectivity index (χ0v) is 11.5. The van der Waals surface area contributed by atoms with Gasteiger partial charge in [-0.15, -0.1) is 0 Å². The van der Waals surface area contributed by atoms with Gasteiger partial charge < -0.3 is 10.2 Å². The average Bonchev–Trinajstić information content (AvgIpc) is 2.71. The number of nitrogens with zero attached hydrogens (tertiary/aromatic N) is 2. The molecule has 1 aromatic rings. The molecule has 0 aromatic heterocycles. The number of β-amino-alcohol motifs (C(OH)–C–C–N with tert-alkyl or cyclic N) is 2. The first-order valence-corrected chi connectivity index (χ1v) is 7.42. The lowest BCUT2D eigenvalue weighted by molar-refractivity contribution is 0.0572. The third-order valence-corrected chi connectivity index (χ3v) is 5.06. The van der Waals surface area contributed by atoms with E-state index in [1.165, 1.54) is 11.4 Å². The van der Waals surface area contributed by atoms with Gasteiger partial charge >= 0.3 is 0 Å². The van der Waals surface area contributed by atoms with Gasteiger partial charge in [0.2, 0.25) is 0 Å². The molecule has 6 nitrogen and oxygen atoms in total. The van der Waals surface area contributed by atoms with E-state index >= 15 is 0 Å². The highest BCUT2D eigenvalue weighted by Crippen LogP contribution is 2.18. The van der Waals surface area contributed by atoms with Gasteiger partial charge in [0.25, 0.3) is 10.2 Å². The lowest BCUT2D eigenvalue weighted by Gasteiger charge is -2.23. The van der Waals surface area contributed by atoms with Crippen LogP contribution in [0.2, 0.25) is 0 Å². The summed E-state index contributed by atoms with van der Waals surface area (Å²) in [6.07, 6.45) is -2.03. The summed E-state index contributed by atoms with van der Waals surface area (Å²) >= 11 is 0. The van der Waals surface area contributed by atoms with Crippen LogP contribution in [-0.2, 0) is 16.8 Å². The van der Waals surface area contributed by atoms with Crippen molar-refractivity contribution < 1.29 is 18.6 Å². The number of benzene rings is 1. The molecule has 1 aliphatic rings. The highest BCUT2D eigenvalue weighted by atomic mass is 32.2. The highest BCUT2D eigenvalue weighted by Gasteiger charge is 2.38. The van der Waals surface area contributed by atoms with Crippen molar-refractivity contribution in [1.82, 2.24) is 8.61 Å². The van der Waals surface area contributed by atoms with Crippen LogP contribution < -0.4 is 0 Å². The van der Waals surface area contributed by atoms with Crippen molar-refractivity contribution in [1.29, 1.82) is 0 Å². The minimum Gasteiger partial charge on any atom is -0.389 e. The predicted octanol–water partition coefficient (Wildman–Crippen LogP) is -0.599. The highest BCUT2D eigenvalue weighted by molar-refractivity contribution is 7.86. The summed E-state index contributed by atoms with van der Waals surface area (Å²) in [5.74, 6) is 0. The molecule has 2 unspecified atom stereocenters. The number of hydrogen-bond acceptors (Lipinski definition) is 4. The Labute approximate surface area is 113 Å². The zero-order valence-electron chi connectivity index (χ0n) is 10.7. The van der Waals surface area contributed by atoms with Crippen LogP contribution >= 0.6 is 0 Å². The van der Waals surface area contributed by atoms with Crippen LogP contribution in [0, 0.1) is 0 Å². The average molecular weight is 286 g/mol. The fraction of sp³-hybridized carbons (Fsp3) is 0.500. The Bertz CT molecular complexity index is 510. The van der Waals surface area contributed by atoms with Gasteiger partial charge in [0.1, 0.15) is 0 Å². The van der Waals surface area contributed by atoms with Gasteiger partial charge in [0, 0.05) is 26.7 Å².